The third-order valence-electron chi connectivity index (χ3n) is 5.53. The number of benzene rings is 2. The van der Waals surface area contributed by atoms with Crippen molar-refractivity contribution in [2.45, 2.75) is 6.92 Å². The van der Waals surface area contributed by atoms with E-state index in [4.69, 9.17) is 9.97 Å². The molecule has 0 radical (unpaired) electrons. The highest BCUT2D eigenvalue weighted by Gasteiger charge is 2.22. The largest absolute Gasteiger partial charge is 0.507 e. The van der Waals surface area contributed by atoms with Crippen molar-refractivity contribution in [2.75, 3.05) is 36.0 Å². The van der Waals surface area contributed by atoms with Gasteiger partial charge in [0.25, 0.3) is 0 Å². The molecule has 0 saturated carbocycles. The van der Waals surface area contributed by atoms with E-state index in [0.29, 0.717) is 11.4 Å². The van der Waals surface area contributed by atoms with Gasteiger partial charge >= 0.3 is 0 Å². The average Bonchev–Trinajstić information content (AvgIpc) is 2.79. The molecule has 6 nitrogen and oxygen atoms in total. The Balaban J connectivity index is 1.53. The molecule has 0 amide bonds. The first kappa shape index (κ1) is 18.4. The van der Waals surface area contributed by atoms with Gasteiger partial charge in [-0.15, -0.1) is 0 Å². The van der Waals surface area contributed by atoms with Gasteiger partial charge in [0, 0.05) is 37.8 Å². The van der Waals surface area contributed by atoms with E-state index in [9.17, 15) is 5.11 Å². The highest BCUT2D eigenvalue weighted by atomic mass is 16.3. The van der Waals surface area contributed by atoms with Crippen LogP contribution in [0.5, 0.6) is 5.75 Å². The summed E-state index contributed by atoms with van der Waals surface area (Å²) in [6.45, 7) is 5.50. The second kappa shape index (κ2) is 7.63. The normalized spacial score (nSPS) is 14.3. The van der Waals surface area contributed by atoms with Crippen molar-refractivity contribution in [3.8, 4) is 17.1 Å². The van der Waals surface area contributed by atoms with E-state index in [2.05, 4.69) is 46.0 Å². The van der Waals surface area contributed by atoms with Gasteiger partial charge in [0.1, 0.15) is 17.4 Å². The fourth-order valence-corrected chi connectivity index (χ4v) is 3.94. The quantitative estimate of drug-likeness (QED) is 0.563. The lowest BCUT2D eigenvalue weighted by Crippen LogP contribution is -2.47. The van der Waals surface area contributed by atoms with E-state index in [1.807, 2.05) is 36.5 Å². The van der Waals surface area contributed by atoms with Gasteiger partial charge in [-0.1, -0.05) is 24.3 Å². The fourth-order valence-electron chi connectivity index (χ4n) is 3.94. The molecule has 1 fully saturated rings. The maximum Gasteiger partial charge on any atom is 0.165 e. The summed E-state index contributed by atoms with van der Waals surface area (Å²) in [7, 11) is 0. The van der Waals surface area contributed by atoms with Gasteiger partial charge in [0.15, 0.2) is 5.82 Å². The number of phenols is 1. The zero-order chi connectivity index (χ0) is 20.5. The predicted molar refractivity (Wildman–Crippen MR) is 120 cm³/mol. The standard InChI is InChI=1S/C24H23N5O/c1-17-9-10-18-20(16-17)26-23(19-6-2-3-7-21(19)30)27-24(18)29-14-12-28(13-15-29)22-8-4-5-11-25-22/h2-11,16,30H,12-15H2,1H3. The minimum Gasteiger partial charge on any atom is -0.507 e. The summed E-state index contributed by atoms with van der Waals surface area (Å²) in [6, 6.07) is 19.5. The molecule has 3 heterocycles. The van der Waals surface area contributed by atoms with Crippen LogP contribution in [0.4, 0.5) is 11.6 Å². The van der Waals surface area contributed by atoms with Crippen LogP contribution in [0.3, 0.4) is 0 Å². The lowest BCUT2D eigenvalue weighted by atomic mass is 10.1. The summed E-state index contributed by atoms with van der Waals surface area (Å²) in [5.74, 6) is 2.66. The van der Waals surface area contributed by atoms with E-state index in [1.54, 1.807) is 6.07 Å². The van der Waals surface area contributed by atoms with Crippen LogP contribution in [0.1, 0.15) is 5.56 Å². The van der Waals surface area contributed by atoms with Crippen LogP contribution in [0, 0.1) is 6.92 Å². The van der Waals surface area contributed by atoms with Crippen molar-refractivity contribution in [3.63, 3.8) is 0 Å². The Bertz CT molecular complexity index is 1190. The number of aromatic hydroxyl groups is 1. The Hall–Kier alpha value is -3.67. The van der Waals surface area contributed by atoms with Crippen molar-refractivity contribution in [1.29, 1.82) is 0 Å². The van der Waals surface area contributed by atoms with E-state index < -0.39 is 0 Å². The summed E-state index contributed by atoms with van der Waals surface area (Å²) >= 11 is 0. The number of para-hydroxylation sites is 1. The number of hydrogen-bond acceptors (Lipinski definition) is 6. The lowest BCUT2D eigenvalue weighted by molar-refractivity contribution is 0.477. The summed E-state index contributed by atoms with van der Waals surface area (Å²) in [6.07, 6.45) is 1.83. The number of piperazine rings is 1. The van der Waals surface area contributed by atoms with Crippen LogP contribution in [-0.2, 0) is 0 Å². The first-order valence-electron chi connectivity index (χ1n) is 10.2. The zero-order valence-corrected chi connectivity index (χ0v) is 16.9. The Morgan fingerprint density at radius 3 is 2.37 bits per heavy atom. The van der Waals surface area contributed by atoms with Crippen molar-refractivity contribution >= 4 is 22.5 Å². The Morgan fingerprint density at radius 2 is 1.60 bits per heavy atom. The smallest absolute Gasteiger partial charge is 0.165 e. The lowest BCUT2D eigenvalue weighted by Gasteiger charge is -2.36. The van der Waals surface area contributed by atoms with Crippen molar-refractivity contribution in [1.82, 2.24) is 15.0 Å². The molecule has 2 aromatic heterocycles. The van der Waals surface area contributed by atoms with Crippen LogP contribution in [0.25, 0.3) is 22.3 Å². The van der Waals surface area contributed by atoms with Crippen LogP contribution >= 0.6 is 0 Å². The van der Waals surface area contributed by atoms with E-state index in [-0.39, 0.29) is 5.75 Å². The van der Waals surface area contributed by atoms with Gasteiger partial charge in [0.05, 0.1) is 11.1 Å². The van der Waals surface area contributed by atoms with Gasteiger partial charge in [-0.05, 0) is 48.9 Å². The van der Waals surface area contributed by atoms with Crippen molar-refractivity contribution < 1.29 is 5.11 Å². The number of aryl methyl sites for hydroxylation is 1. The second-order valence-corrected chi connectivity index (χ2v) is 7.57. The molecule has 4 aromatic rings. The molecule has 1 aliphatic rings. The summed E-state index contributed by atoms with van der Waals surface area (Å²) < 4.78 is 0. The Morgan fingerprint density at radius 1 is 0.833 bits per heavy atom. The summed E-state index contributed by atoms with van der Waals surface area (Å²) in [5, 5.41) is 11.4. The Kier molecular flexibility index (Phi) is 4.67. The molecule has 0 atom stereocenters. The van der Waals surface area contributed by atoms with Gasteiger partial charge in [-0.2, -0.15) is 0 Å². The molecule has 0 spiro atoms. The molecule has 0 unspecified atom stereocenters. The molecule has 5 rings (SSSR count). The molecule has 1 saturated heterocycles. The van der Waals surface area contributed by atoms with Crippen molar-refractivity contribution in [2.24, 2.45) is 0 Å². The third kappa shape index (κ3) is 3.41. The maximum atomic E-state index is 10.3. The Labute approximate surface area is 175 Å². The highest BCUT2D eigenvalue weighted by Crippen LogP contribution is 2.32. The second-order valence-electron chi connectivity index (χ2n) is 7.57. The molecule has 150 valence electrons. The number of rotatable bonds is 3. The number of fused-ring (bicyclic) bond motifs is 1. The minimum atomic E-state index is 0.190. The molecule has 0 bridgehead atoms. The molecule has 1 aliphatic heterocycles. The maximum absolute atomic E-state index is 10.3. The molecule has 6 heteroatoms. The topological polar surface area (TPSA) is 65.4 Å². The first-order valence-corrected chi connectivity index (χ1v) is 10.2. The van der Waals surface area contributed by atoms with E-state index in [1.165, 1.54) is 0 Å². The zero-order valence-electron chi connectivity index (χ0n) is 16.9. The van der Waals surface area contributed by atoms with Crippen molar-refractivity contribution in [3.05, 3.63) is 72.4 Å². The van der Waals surface area contributed by atoms with Crippen LogP contribution in [0.15, 0.2) is 66.9 Å². The van der Waals surface area contributed by atoms with Crippen LogP contribution < -0.4 is 9.80 Å². The number of pyridine rings is 1. The van der Waals surface area contributed by atoms with Gasteiger partial charge in [-0.3, -0.25) is 0 Å². The average molecular weight is 397 g/mol. The molecule has 0 aliphatic carbocycles. The molecular weight excluding hydrogens is 374 g/mol. The monoisotopic (exact) mass is 397 g/mol. The molecular formula is C24H23N5O. The van der Waals surface area contributed by atoms with Gasteiger partial charge in [0.2, 0.25) is 0 Å². The fraction of sp³-hybridized carbons (Fsp3) is 0.208. The number of nitrogens with zero attached hydrogens (tertiary/aromatic N) is 5. The highest BCUT2D eigenvalue weighted by molar-refractivity contribution is 5.92. The molecule has 2 aromatic carbocycles. The third-order valence-corrected chi connectivity index (χ3v) is 5.53. The number of anilines is 2. The number of phenolic OH excluding ortho intramolecular Hbond substituents is 1. The molecule has 1 N–H and O–H groups in total. The van der Waals surface area contributed by atoms with Crippen LogP contribution in [0.2, 0.25) is 0 Å². The van der Waals surface area contributed by atoms with E-state index in [0.717, 1.165) is 54.3 Å². The summed E-state index contributed by atoms with van der Waals surface area (Å²) in [4.78, 5) is 18.8. The number of aromatic nitrogens is 3. The SMILES string of the molecule is Cc1ccc2c(N3CCN(c4ccccn4)CC3)nc(-c3ccccc3O)nc2c1. The van der Waals surface area contributed by atoms with Gasteiger partial charge in [-0.25, -0.2) is 15.0 Å². The molecule has 30 heavy (non-hydrogen) atoms. The minimum absolute atomic E-state index is 0.190. The van der Waals surface area contributed by atoms with Gasteiger partial charge < -0.3 is 14.9 Å². The number of hydrogen-bond donors (Lipinski definition) is 1. The summed E-state index contributed by atoms with van der Waals surface area (Å²) in [5.41, 5.74) is 2.69. The first-order chi connectivity index (χ1) is 14.7. The van der Waals surface area contributed by atoms with Crippen LogP contribution in [-0.4, -0.2) is 46.2 Å². The van der Waals surface area contributed by atoms with E-state index >= 15 is 0 Å². The predicted octanol–water partition coefficient (Wildman–Crippen LogP) is 4.03.